The van der Waals surface area contributed by atoms with Crippen molar-refractivity contribution in [1.82, 2.24) is 15.3 Å². The first-order chi connectivity index (χ1) is 10.9. The molecule has 0 saturated heterocycles. The molecule has 2 aromatic rings. The molecule has 0 aliphatic heterocycles. The Morgan fingerprint density at radius 2 is 2.13 bits per heavy atom. The molecule has 2 N–H and O–H groups in total. The van der Waals surface area contributed by atoms with E-state index in [1.165, 1.54) is 0 Å². The summed E-state index contributed by atoms with van der Waals surface area (Å²) in [5, 5.41) is 15.5. The van der Waals surface area contributed by atoms with Gasteiger partial charge in [0.25, 0.3) is 0 Å². The summed E-state index contributed by atoms with van der Waals surface area (Å²) in [6.45, 7) is 3.90. The Hall–Kier alpha value is -1.79. The first-order valence-electron chi connectivity index (χ1n) is 7.79. The second-order valence-electron chi connectivity index (χ2n) is 6.14. The van der Waals surface area contributed by atoms with Crippen LogP contribution >= 0.6 is 11.3 Å². The highest BCUT2D eigenvalue weighted by Gasteiger charge is 2.17. The number of aryl methyl sites for hydroxylation is 1. The van der Waals surface area contributed by atoms with Crippen molar-refractivity contribution in [2.24, 2.45) is 0 Å². The monoisotopic (exact) mass is 333 g/mol. The Kier molecular flexibility index (Phi) is 6.24. The lowest BCUT2D eigenvalue weighted by Crippen LogP contribution is -2.32. The summed E-state index contributed by atoms with van der Waals surface area (Å²) in [5.74, 6) is -0.107. The molecule has 124 valence electrons. The molecule has 0 aliphatic rings. The maximum atomic E-state index is 11.6. The van der Waals surface area contributed by atoms with Gasteiger partial charge < -0.3 is 10.4 Å². The quantitative estimate of drug-likeness (QED) is 0.729. The molecule has 0 aliphatic carbocycles. The summed E-state index contributed by atoms with van der Waals surface area (Å²) in [7, 11) is 0. The Morgan fingerprint density at radius 1 is 1.30 bits per heavy atom. The van der Waals surface area contributed by atoms with E-state index >= 15 is 0 Å². The Morgan fingerprint density at radius 3 is 2.83 bits per heavy atom. The fourth-order valence-corrected chi connectivity index (χ4v) is 2.98. The molecule has 2 aromatic heterocycles. The van der Waals surface area contributed by atoms with E-state index in [1.807, 2.05) is 23.6 Å². The van der Waals surface area contributed by atoms with E-state index in [9.17, 15) is 9.90 Å². The lowest BCUT2D eigenvalue weighted by atomic mass is 10.1. The summed E-state index contributed by atoms with van der Waals surface area (Å²) in [6, 6.07) is 5.80. The minimum Gasteiger partial charge on any atom is -0.390 e. The number of rotatable bonds is 8. The fraction of sp³-hybridized carbons (Fsp3) is 0.471. The summed E-state index contributed by atoms with van der Waals surface area (Å²) in [5.41, 5.74) is 0.866. The van der Waals surface area contributed by atoms with Crippen LogP contribution in [-0.4, -0.2) is 33.1 Å². The number of thiazole rings is 1. The number of aromatic nitrogens is 2. The van der Waals surface area contributed by atoms with Crippen molar-refractivity contribution < 1.29 is 9.90 Å². The molecule has 2 rings (SSSR count). The standard InChI is InChI=1S/C17H23N3O2S/c1-17(2,22)11-15(21)19-10-6-4-8-16-20-14(12-23-16)13-7-3-5-9-18-13/h3,5,7,9,12,22H,4,6,8,10-11H2,1-2H3,(H,19,21). The van der Waals surface area contributed by atoms with Gasteiger partial charge in [-0.1, -0.05) is 6.07 Å². The zero-order chi connectivity index (χ0) is 16.7. The number of pyridine rings is 1. The van der Waals surface area contributed by atoms with Gasteiger partial charge in [-0.2, -0.15) is 0 Å². The molecular weight excluding hydrogens is 310 g/mol. The van der Waals surface area contributed by atoms with E-state index in [0.717, 1.165) is 35.7 Å². The van der Waals surface area contributed by atoms with Crippen molar-refractivity contribution in [3.8, 4) is 11.4 Å². The van der Waals surface area contributed by atoms with Crippen molar-refractivity contribution in [1.29, 1.82) is 0 Å². The number of aliphatic hydroxyl groups is 1. The van der Waals surface area contributed by atoms with Crippen molar-refractivity contribution >= 4 is 17.2 Å². The highest BCUT2D eigenvalue weighted by molar-refractivity contribution is 7.09. The molecule has 0 bridgehead atoms. The van der Waals surface area contributed by atoms with Crippen LogP contribution in [0.25, 0.3) is 11.4 Å². The summed E-state index contributed by atoms with van der Waals surface area (Å²) < 4.78 is 0. The third-order valence-electron chi connectivity index (χ3n) is 3.21. The first-order valence-corrected chi connectivity index (χ1v) is 8.67. The van der Waals surface area contributed by atoms with E-state index in [1.54, 1.807) is 31.4 Å². The number of hydrogen-bond acceptors (Lipinski definition) is 5. The molecule has 6 heteroatoms. The number of carbonyl (C=O) groups excluding carboxylic acids is 1. The smallest absolute Gasteiger partial charge is 0.222 e. The SMILES string of the molecule is CC(C)(O)CC(=O)NCCCCc1nc(-c2ccccn2)cs1. The van der Waals surface area contributed by atoms with Gasteiger partial charge in [-0.3, -0.25) is 9.78 Å². The Balaban J connectivity index is 1.68. The predicted octanol–water partition coefficient (Wildman–Crippen LogP) is 2.81. The third-order valence-corrected chi connectivity index (χ3v) is 4.12. The van der Waals surface area contributed by atoms with Crippen LogP contribution < -0.4 is 5.32 Å². The summed E-state index contributed by atoms with van der Waals surface area (Å²) >= 11 is 1.65. The van der Waals surface area contributed by atoms with Gasteiger partial charge in [0, 0.05) is 18.1 Å². The number of amides is 1. The van der Waals surface area contributed by atoms with Crippen LogP contribution in [0, 0.1) is 0 Å². The van der Waals surface area contributed by atoms with Crippen molar-refractivity contribution in [3.05, 3.63) is 34.8 Å². The third kappa shape index (κ3) is 6.46. The zero-order valence-electron chi connectivity index (χ0n) is 13.6. The molecule has 0 unspecified atom stereocenters. The second kappa shape index (κ2) is 8.17. The normalized spacial score (nSPS) is 11.4. The number of hydrogen-bond donors (Lipinski definition) is 2. The lowest BCUT2D eigenvalue weighted by molar-refractivity contribution is -0.124. The maximum Gasteiger partial charge on any atom is 0.222 e. The molecule has 0 radical (unpaired) electrons. The molecular formula is C17H23N3O2S. The minimum absolute atomic E-state index is 0.107. The average molecular weight is 333 g/mol. The van der Waals surface area contributed by atoms with Crippen LogP contribution in [0.5, 0.6) is 0 Å². The van der Waals surface area contributed by atoms with Gasteiger partial charge in [-0.25, -0.2) is 4.98 Å². The van der Waals surface area contributed by atoms with Gasteiger partial charge in [0.2, 0.25) is 5.91 Å². The summed E-state index contributed by atoms with van der Waals surface area (Å²) in [4.78, 5) is 20.5. The molecule has 0 spiro atoms. The van der Waals surface area contributed by atoms with Crippen LogP contribution in [0.15, 0.2) is 29.8 Å². The van der Waals surface area contributed by atoms with Crippen molar-refractivity contribution in [2.45, 2.75) is 45.1 Å². The molecule has 2 heterocycles. The van der Waals surface area contributed by atoms with Crippen LogP contribution in [-0.2, 0) is 11.2 Å². The fourth-order valence-electron chi connectivity index (χ4n) is 2.14. The molecule has 0 atom stereocenters. The number of nitrogens with one attached hydrogen (secondary N) is 1. The van der Waals surface area contributed by atoms with Gasteiger partial charge >= 0.3 is 0 Å². The van der Waals surface area contributed by atoms with Crippen molar-refractivity contribution in [3.63, 3.8) is 0 Å². The van der Waals surface area contributed by atoms with Crippen molar-refractivity contribution in [2.75, 3.05) is 6.54 Å². The van der Waals surface area contributed by atoms with Crippen LogP contribution in [0.3, 0.4) is 0 Å². The van der Waals surface area contributed by atoms with E-state index in [4.69, 9.17) is 0 Å². The molecule has 0 aromatic carbocycles. The molecule has 23 heavy (non-hydrogen) atoms. The predicted molar refractivity (Wildman–Crippen MR) is 92.2 cm³/mol. The average Bonchev–Trinajstić information content (AvgIpc) is 2.95. The Bertz CT molecular complexity index is 620. The maximum absolute atomic E-state index is 11.6. The highest BCUT2D eigenvalue weighted by atomic mass is 32.1. The van der Waals surface area contributed by atoms with Gasteiger partial charge in [-0.15, -0.1) is 11.3 Å². The van der Waals surface area contributed by atoms with E-state index < -0.39 is 5.60 Å². The molecule has 5 nitrogen and oxygen atoms in total. The van der Waals surface area contributed by atoms with Gasteiger partial charge in [0.15, 0.2) is 0 Å². The number of unbranched alkanes of at least 4 members (excludes halogenated alkanes) is 1. The number of nitrogens with zero attached hydrogens (tertiary/aromatic N) is 2. The highest BCUT2D eigenvalue weighted by Crippen LogP contribution is 2.20. The van der Waals surface area contributed by atoms with E-state index in [-0.39, 0.29) is 12.3 Å². The van der Waals surface area contributed by atoms with E-state index in [2.05, 4.69) is 15.3 Å². The van der Waals surface area contributed by atoms with Crippen LogP contribution in [0.2, 0.25) is 0 Å². The van der Waals surface area contributed by atoms with Gasteiger partial charge in [0.05, 0.1) is 28.4 Å². The molecule has 0 saturated carbocycles. The first kappa shape index (κ1) is 17.6. The zero-order valence-corrected chi connectivity index (χ0v) is 14.4. The van der Waals surface area contributed by atoms with E-state index in [0.29, 0.717) is 6.54 Å². The topological polar surface area (TPSA) is 75.1 Å². The molecule has 0 fully saturated rings. The van der Waals surface area contributed by atoms with Crippen LogP contribution in [0.1, 0.15) is 38.1 Å². The van der Waals surface area contributed by atoms with Gasteiger partial charge in [0.1, 0.15) is 0 Å². The largest absolute Gasteiger partial charge is 0.390 e. The number of carbonyl (C=O) groups is 1. The lowest BCUT2D eigenvalue weighted by Gasteiger charge is -2.16. The van der Waals surface area contributed by atoms with Gasteiger partial charge in [-0.05, 0) is 45.2 Å². The summed E-state index contributed by atoms with van der Waals surface area (Å²) in [6.07, 6.45) is 4.67. The minimum atomic E-state index is -0.952. The second-order valence-corrected chi connectivity index (χ2v) is 7.08. The molecule has 1 amide bonds. The van der Waals surface area contributed by atoms with Crippen LogP contribution in [0.4, 0.5) is 0 Å². The Labute approximate surface area is 140 Å².